The van der Waals surface area contributed by atoms with Gasteiger partial charge in [0.25, 0.3) is 0 Å². The van der Waals surface area contributed by atoms with Gasteiger partial charge in [0.15, 0.2) is 0 Å². The lowest BCUT2D eigenvalue weighted by molar-refractivity contribution is -0.140. The Morgan fingerprint density at radius 3 is 2.62 bits per heavy atom. The van der Waals surface area contributed by atoms with Crippen LogP contribution < -0.4 is 9.47 Å². The first kappa shape index (κ1) is 26.4. The van der Waals surface area contributed by atoms with Gasteiger partial charge in [0, 0.05) is 5.56 Å². The Morgan fingerprint density at radius 2 is 1.89 bits per heavy atom. The molecule has 2 atom stereocenters. The van der Waals surface area contributed by atoms with Crippen molar-refractivity contribution in [1.29, 1.82) is 0 Å². The van der Waals surface area contributed by atoms with E-state index in [0.29, 0.717) is 0 Å². The highest BCUT2D eigenvalue weighted by Gasteiger charge is 2.27. The average molecular weight is 497 g/mol. The lowest BCUT2D eigenvalue weighted by Crippen LogP contribution is -2.08. The molecule has 0 aliphatic heterocycles. The fourth-order valence-electron chi connectivity index (χ4n) is 4.92. The van der Waals surface area contributed by atoms with E-state index in [-0.39, 0.29) is 24.4 Å². The number of aryl methyl sites for hydroxylation is 1. The Bertz CT molecular complexity index is 1280. The molecular weight excluding hydrogens is 460 g/mol. The predicted molar refractivity (Wildman–Crippen MR) is 148 cm³/mol. The van der Waals surface area contributed by atoms with Crippen molar-refractivity contribution in [3.63, 3.8) is 0 Å². The van der Waals surface area contributed by atoms with Gasteiger partial charge in [-0.1, -0.05) is 61.2 Å². The van der Waals surface area contributed by atoms with E-state index in [1.165, 1.54) is 29.4 Å². The summed E-state index contributed by atoms with van der Waals surface area (Å²) in [5.41, 5.74) is 7.18. The number of esters is 1. The van der Waals surface area contributed by atoms with Crippen molar-refractivity contribution in [2.24, 2.45) is 0 Å². The molecule has 0 aromatic heterocycles. The van der Waals surface area contributed by atoms with Crippen molar-refractivity contribution in [2.75, 3.05) is 13.7 Å². The number of unbranched alkanes of at least 4 members (excludes halogenated alkanes) is 1. The van der Waals surface area contributed by atoms with Crippen LogP contribution in [0.4, 0.5) is 0 Å². The van der Waals surface area contributed by atoms with Gasteiger partial charge in [-0.2, -0.15) is 0 Å². The first-order valence-corrected chi connectivity index (χ1v) is 13.1. The second-order valence-electron chi connectivity index (χ2n) is 9.52. The van der Waals surface area contributed by atoms with E-state index >= 15 is 0 Å². The van der Waals surface area contributed by atoms with Crippen LogP contribution in [0.5, 0.6) is 11.5 Å². The highest BCUT2D eigenvalue weighted by molar-refractivity contribution is 5.76. The Kier molecular flexibility index (Phi) is 8.90. The maximum Gasteiger partial charge on any atom is 0.307 e. The zero-order valence-corrected chi connectivity index (χ0v) is 22.3. The lowest BCUT2D eigenvalue weighted by Gasteiger charge is -2.18. The summed E-state index contributed by atoms with van der Waals surface area (Å²) in [4.78, 5) is 11.8. The maximum atomic E-state index is 11.8. The number of ether oxygens (including phenoxy) is 3. The minimum absolute atomic E-state index is 0.00336. The number of benzene rings is 3. The van der Waals surface area contributed by atoms with Crippen molar-refractivity contribution in [2.45, 2.75) is 64.9 Å². The third-order valence-corrected chi connectivity index (χ3v) is 6.87. The van der Waals surface area contributed by atoms with E-state index in [0.717, 1.165) is 54.9 Å². The summed E-state index contributed by atoms with van der Waals surface area (Å²) in [6, 6.07) is 20.9. The predicted octanol–water partition coefficient (Wildman–Crippen LogP) is 7.58. The van der Waals surface area contributed by atoms with Gasteiger partial charge in [0.1, 0.15) is 17.6 Å². The largest absolute Gasteiger partial charge is 0.493 e. The minimum Gasteiger partial charge on any atom is -0.493 e. The van der Waals surface area contributed by atoms with E-state index in [1.807, 2.05) is 24.3 Å². The smallest absolute Gasteiger partial charge is 0.307 e. The standard InChI is InChI=1S/C33H36O4/c1-5-7-20-36-31-18-12-23(3)21-30(31)27-10-8-11-29-28(27)17-19-32(29)37-26-15-13-24(14-16-26)25(9-6-2)22-33(34)35-4/h8,10-16,18,21,25,32H,5,7,17,19-20,22H2,1-4H3. The molecule has 37 heavy (non-hydrogen) atoms. The van der Waals surface area contributed by atoms with Crippen LogP contribution in [-0.2, 0) is 16.0 Å². The Balaban J connectivity index is 1.55. The molecule has 192 valence electrons. The highest BCUT2D eigenvalue weighted by Crippen LogP contribution is 2.42. The molecule has 0 spiro atoms. The molecule has 1 aliphatic rings. The number of methoxy groups -OCH3 is 1. The molecule has 4 nitrogen and oxygen atoms in total. The fourth-order valence-corrected chi connectivity index (χ4v) is 4.92. The van der Waals surface area contributed by atoms with Crippen LogP contribution in [0.3, 0.4) is 0 Å². The summed E-state index contributed by atoms with van der Waals surface area (Å²) in [7, 11) is 1.40. The molecule has 2 unspecified atom stereocenters. The quantitative estimate of drug-likeness (QED) is 0.165. The molecule has 4 rings (SSSR count). The number of carbonyl (C=O) groups excluding carboxylic acids is 1. The molecule has 0 amide bonds. The summed E-state index contributed by atoms with van der Waals surface area (Å²) in [6.45, 7) is 6.81. The molecular formula is C33H36O4. The van der Waals surface area contributed by atoms with Crippen LogP contribution in [0.25, 0.3) is 11.1 Å². The molecule has 4 heteroatoms. The number of carbonyl (C=O) groups is 1. The van der Waals surface area contributed by atoms with Gasteiger partial charge in [0.2, 0.25) is 0 Å². The third-order valence-electron chi connectivity index (χ3n) is 6.87. The molecule has 1 aliphatic carbocycles. The van der Waals surface area contributed by atoms with Crippen LogP contribution in [0.15, 0.2) is 60.7 Å². The first-order chi connectivity index (χ1) is 18.0. The number of fused-ring (bicyclic) bond motifs is 1. The van der Waals surface area contributed by atoms with Crippen molar-refractivity contribution in [1.82, 2.24) is 0 Å². The van der Waals surface area contributed by atoms with Gasteiger partial charge in [-0.25, -0.2) is 0 Å². The Morgan fingerprint density at radius 1 is 1.08 bits per heavy atom. The second-order valence-corrected chi connectivity index (χ2v) is 9.52. The summed E-state index contributed by atoms with van der Waals surface area (Å²) in [5.74, 6) is 7.34. The second kappa shape index (κ2) is 12.5. The van der Waals surface area contributed by atoms with Crippen LogP contribution in [0, 0.1) is 18.8 Å². The van der Waals surface area contributed by atoms with Crippen molar-refractivity contribution in [3.8, 4) is 34.5 Å². The monoisotopic (exact) mass is 496 g/mol. The molecule has 0 saturated heterocycles. The molecule has 0 N–H and O–H groups in total. The molecule has 3 aromatic carbocycles. The molecule has 0 heterocycles. The topological polar surface area (TPSA) is 44.8 Å². The average Bonchev–Trinajstić information content (AvgIpc) is 3.32. The van der Waals surface area contributed by atoms with Gasteiger partial charge < -0.3 is 14.2 Å². The van der Waals surface area contributed by atoms with Gasteiger partial charge >= 0.3 is 5.97 Å². The van der Waals surface area contributed by atoms with Gasteiger partial charge in [-0.15, -0.1) is 5.92 Å². The van der Waals surface area contributed by atoms with E-state index in [9.17, 15) is 4.79 Å². The Hall–Kier alpha value is -3.71. The fraction of sp³-hybridized carbons (Fsp3) is 0.364. The number of hydrogen-bond donors (Lipinski definition) is 0. The van der Waals surface area contributed by atoms with E-state index in [1.54, 1.807) is 6.92 Å². The minimum atomic E-state index is -0.265. The molecule has 0 saturated carbocycles. The zero-order chi connectivity index (χ0) is 26.2. The molecule has 0 radical (unpaired) electrons. The summed E-state index contributed by atoms with van der Waals surface area (Å²) >= 11 is 0. The van der Waals surface area contributed by atoms with E-state index < -0.39 is 0 Å². The summed E-state index contributed by atoms with van der Waals surface area (Å²) < 4.78 is 17.5. The van der Waals surface area contributed by atoms with Crippen molar-refractivity contribution >= 4 is 5.97 Å². The first-order valence-electron chi connectivity index (χ1n) is 13.1. The van der Waals surface area contributed by atoms with Crippen LogP contribution in [-0.4, -0.2) is 19.7 Å². The highest BCUT2D eigenvalue weighted by atomic mass is 16.5. The van der Waals surface area contributed by atoms with E-state index in [4.69, 9.17) is 14.2 Å². The molecule has 3 aromatic rings. The van der Waals surface area contributed by atoms with E-state index in [2.05, 4.69) is 62.1 Å². The van der Waals surface area contributed by atoms with Crippen LogP contribution >= 0.6 is 0 Å². The summed E-state index contributed by atoms with van der Waals surface area (Å²) in [5, 5.41) is 0. The van der Waals surface area contributed by atoms with Gasteiger partial charge in [-0.05, 0) is 79.6 Å². The lowest BCUT2D eigenvalue weighted by atomic mass is 9.95. The maximum absolute atomic E-state index is 11.8. The van der Waals surface area contributed by atoms with Gasteiger partial charge in [-0.3, -0.25) is 4.79 Å². The van der Waals surface area contributed by atoms with Crippen molar-refractivity contribution in [3.05, 3.63) is 82.9 Å². The zero-order valence-electron chi connectivity index (χ0n) is 22.3. The third kappa shape index (κ3) is 6.35. The molecule has 0 fully saturated rings. The Labute approximate surface area is 221 Å². The normalized spacial score (nSPS) is 14.8. The van der Waals surface area contributed by atoms with Gasteiger partial charge in [0.05, 0.1) is 26.1 Å². The van der Waals surface area contributed by atoms with Crippen molar-refractivity contribution < 1.29 is 19.0 Å². The van der Waals surface area contributed by atoms with Crippen LogP contribution in [0.2, 0.25) is 0 Å². The number of rotatable bonds is 10. The summed E-state index contributed by atoms with van der Waals surface area (Å²) in [6.07, 6.45) is 4.28. The number of hydrogen-bond acceptors (Lipinski definition) is 4. The van der Waals surface area contributed by atoms with Crippen LogP contribution in [0.1, 0.15) is 73.8 Å². The molecule has 0 bridgehead atoms. The SMILES string of the molecule is CC#CC(CC(=O)OC)c1ccc(OC2CCc3c(-c4cc(C)ccc4OCCCC)cccc32)cc1.